The minimum absolute atomic E-state index is 0.0137. The van der Waals surface area contributed by atoms with Crippen LogP contribution in [0.4, 0.5) is 10.1 Å². The Hall–Kier alpha value is -2.73. The van der Waals surface area contributed by atoms with Crippen molar-refractivity contribution in [3.8, 4) is 11.5 Å². The summed E-state index contributed by atoms with van der Waals surface area (Å²) in [5.74, 6) is 0.147. The van der Waals surface area contributed by atoms with E-state index >= 15 is 0 Å². The number of carbonyl (C=O) groups is 1. The highest BCUT2D eigenvalue weighted by Crippen LogP contribution is 2.33. The summed E-state index contributed by atoms with van der Waals surface area (Å²) >= 11 is 5.83. The molecule has 0 radical (unpaired) electrons. The molecule has 0 bridgehead atoms. The molecular weight excluding hydrogens is 357 g/mol. The molecule has 0 saturated carbocycles. The number of hydrogen-bond donors (Lipinski definition) is 0. The van der Waals surface area contributed by atoms with Crippen LogP contribution in [0, 0.1) is 12.7 Å². The lowest BCUT2D eigenvalue weighted by Crippen LogP contribution is -2.24. The van der Waals surface area contributed by atoms with Gasteiger partial charge in [0.25, 0.3) is 5.89 Å². The Labute approximate surface area is 154 Å². The van der Waals surface area contributed by atoms with Crippen LogP contribution in [-0.2, 0) is 4.79 Å². The van der Waals surface area contributed by atoms with Crippen LogP contribution >= 0.6 is 11.6 Å². The molecule has 2 heterocycles. The van der Waals surface area contributed by atoms with E-state index in [0.29, 0.717) is 23.9 Å². The number of rotatable bonds is 3. The molecule has 1 aromatic heterocycles. The summed E-state index contributed by atoms with van der Waals surface area (Å²) in [5.41, 5.74) is 2.47. The lowest BCUT2D eigenvalue weighted by Gasteiger charge is -2.16. The summed E-state index contributed by atoms with van der Waals surface area (Å²) in [4.78, 5) is 18.4. The van der Waals surface area contributed by atoms with Gasteiger partial charge in [-0.3, -0.25) is 4.79 Å². The molecule has 0 aliphatic carbocycles. The van der Waals surface area contributed by atoms with Crippen molar-refractivity contribution in [2.45, 2.75) is 19.3 Å². The first-order valence-electron chi connectivity index (χ1n) is 8.18. The summed E-state index contributed by atoms with van der Waals surface area (Å²) in [6.07, 6.45) is 0.266. The third-order valence-corrected chi connectivity index (χ3v) is 4.81. The largest absolute Gasteiger partial charge is 0.334 e. The molecule has 7 heteroatoms. The zero-order valence-electron chi connectivity index (χ0n) is 13.9. The fraction of sp³-hybridized carbons (Fsp3) is 0.211. The van der Waals surface area contributed by atoms with Crippen LogP contribution < -0.4 is 4.90 Å². The molecule has 0 N–H and O–H groups in total. The van der Waals surface area contributed by atoms with Gasteiger partial charge in [-0.05, 0) is 36.8 Å². The van der Waals surface area contributed by atoms with Crippen molar-refractivity contribution in [1.82, 2.24) is 10.1 Å². The molecule has 0 spiro atoms. The quantitative estimate of drug-likeness (QED) is 0.686. The van der Waals surface area contributed by atoms with Crippen molar-refractivity contribution in [2.75, 3.05) is 11.4 Å². The van der Waals surface area contributed by atoms with E-state index < -0.39 is 5.82 Å². The Morgan fingerprint density at radius 2 is 2.08 bits per heavy atom. The Morgan fingerprint density at radius 1 is 1.27 bits per heavy atom. The number of nitrogens with zero attached hydrogens (tertiary/aromatic N) is 3. The number of halogens is 2. The maximum Gasteiger partial charge on any atom is 0.258 e. The lowest BCUT2D eigenvalue weighted by molar-refractivity contribution is -0.117. The molecule has 4 rings (SSSR count). The molecule has 5 nitrogen and oxygen atoms in total. The number of benzene rings is 2. The van der Waals surface area contributed by atoms with Gasteiger partial charge in [-0.25, -0.2) is 4.39 Å². The zero-order valence-corrected chi connectivity index (χ0v) is 14.7. The van der Waals surface area contributed by atoms with E-state index in [2.05, 4.69) is 10.1 Å². The Morgan fingerprint density at radius 3 is 2.85 bits per heavy atom. The normalized spacial score (nSPS) is 17.1. The minimum atomic E-state index is -0.514. The fourth-order valence-corrected chi connectivity index (χ4v) is 3.28. The van der Waals surface area contributed by atoms with Gasteiger partial charge in [-0.15, -0.1) is 0 Å². The van der Waals surface area contributed by atoms with E-state index in [0.717, 1.165) is 11.1 Å². The van der Waals surface area contributed by atoms with Crippen LogP contribution in [0.5, 0.6) is 0 Å². The smallest absolute Gasteiger partial charge is 0.258 e. The van der Waals surface area contributed by atoms with Crippen LogP contribution in [0.2, 0.25) is 5.02 Å². The average Bonchev–Trinajstić information content (AvgIpc) is 3.25. The predicted octanol–water partition coefficient (Wildman–Crippen LogP) is 4.36. The second kappa shape index (κ2) is 6.53. The van der Waals surface area contributed by atoms with Crippen molar-refractivity contribution in [3.05, 3.63) is 64.7 Å². The predicted molar refractivity (Wildman–Crippen MR) is 95.6 cm³/mol. The molecule has 2 aromatic carbocycles. The SMILES string of the molecule is Cc1ccccc1-c1nc([C@H]2CC(=O)N(c3ccc(F)c(Cl)c3)C2)no1. The van der Waals surface area contributed by atoms with Gasteiger partial charge in [-0.2, -0.15) is 4.98 Å². The first-order valence-corrected chi connectivity index (χ1v) is 8.56. The van der Waals surface area contributed by atoms with Gasteiger partial charge >= 0.3 is 0 Å². The maximum atomic E-state index is 13.4. The molecular formula is C19H15ClFN3O2. The van der Waals surface area contributed by atoms with Crippen molar-refractivity contribution < 1.29 is 13.7 Å². The summed E-state index contributed by atoms with van der Waals surface area (Å²) in [5, 5.41) is 4.05. The minimum Gasteiger partial charge on any atom is -0.334 e. The van der Waals surface area contributed by atoms with Crippen LogP contribution in [0.25, 0.3) is 11.5 Å². The lowest BCUT2D eigenvalue weighted by atomic mass is 10.1. The molecule has 1 aliphatic rings. The van der Waals surface area contributed by atoms with E-state index in [-0.39, 0.29) is 23.3 Å². The van der Waals surface area contributed by atoms with Gasteiger partial charge in [-0.1, -0.05) is 35.0 Å². The van der Waals surface area contributed by atoms with Gasteiger partial charge in [0.2, 0.25) is 5.91 Å². The molecule has 0 unspecified atom stereocenters. The number of carbonyl (C=O) groups excluding carboxylic acids is 1. The van der Waals surface area contributed by atoms with Crippen molar-refractivity contribution in [2.24, 2.45) is 0 Å². The monoisotopic (exact) mass is 371 g/mol. The molecule has 1 saturated heterocycles. The molecule has 1 amide bonds. The first-order chi connectivity index (χ1) is 12.5. The van der Waals surface area contributed by atoms with Crippen molar-refractivity contribution in [1.29, 1.82) is 0 Å². The number of amides is 1. The van der Waals surface area contributed by atoms with Gasteiger partial charge in [0, 0.05) is 30.1 Å². The highest BCUT2D eigenvalue weighted by atomic mass is 35.5. The van der Waals surface area contributed by atoms with Crippen LogP contribution in [0.1, 0.15) is 23.7 Å². The number of hydrogen-bond acceptors (Lipinski definition) is 4. The Bertz CT molecular complexity index is 988. The Balaban J connectivity index is 1.58. The van der Waals surface area contributed by atoms with E-state index in [1.54, 1.807) is 4.90 Å². The number of anilines is 1. The van der Waals surface area contributed by atoms with E-state index in [1.807, 2.05) is 31.2 Å². The van der Waals surface area contributed by atoms with Crippen LogP contribution in [0.3, 0.4) is 0 Å². The highest BCUT2D eigenvalue weighted by Gasteiger charge is 2.35. The molecule has 1 fully saturated rings. The summed E-state index contributed by atoms with van der Waals surface area (Å²) in [7, 11) is 0. The zero-order chi connectivity index (χ0) is 18.3. The molecule has 1 atom stereocenters. The fourth-order valence-electron chi connectivity index (χ4n) is 3.11. The first kappa shape index (κ1) is 16.7. The van der Waals surface area contributed by atoms with Gasteiger partial charge in [0.15, 0.2) is 5.82 Å². The summed E-state index contributed by atoms with van der Waals surface area (Å²) in [6, 6.07) is 12.0. The van der Waals surface area contributed by atoms with Gasteiger partial charge < -0.3 is 9.42 Å². The summed E-state index contributed by atoms with van der Waals surface area (Å²) in [6.45, 7) is 2.37. The Kier molecular flexibility index (Phi) is 4.20. The van der Waals surface area contributed by atoms with Gasteiger partial charge in [0.1, 0.15) is 5.82 Å². The third-order valence-electron chi connectivity index (χ3n) is 4.52. The second-order valence-corrected chi connectivity index (χ2v) is 6.68. The van der Waals surface area contributed by atoms with Crippen LogP contribution in [0.15, 0.2) is 47.0 Å². The maximum absolute atomic E-state index is 13.4. The summed E-state index contributed by atoms with van der Waals surface area (Å²) < 4.78 is 18.7. The number of aryl methyl sites for hydroxylation is 1. The third kappa shape index (κ3) is 2.97. The van der Waals surface area contributed by atoms with Gasteiger partial charge in [0.05, 0.1) is 5.02 Å². The molecule has 3 aromatic rings. The molecule has 132 valence electrons. The van der Waals surface area contributed by atoms with Crippen LogP contribution in [-0.4, -0.2) is 22.6 Å². The second-order valence-electron chi connectivity index (χ2n) is 6.28. The van der Waals surface area contributed by atoms with E-state index in [1.165, 1.54) is 18.2 Å². The van der Waals surface area contributed by atoms with E-state index in [4.69, 9.17) is 16.1 Å². The molecule has 26 heavy (non-hydrogen) atoms. The standard InChI is InChI=1S/C19H15ClFN3O2/c1-11-4-2-3-5-14(11)19-22-18(23-26-19)12-8-17(25)24(10-12)13-6-7-16(21)15(20)9-13/h2-7,9,12H,8,10H2,1H3/t12-/m0/s1. The highest BCUT2D eigenvalue weighted by molar-refractivity contribution is 6.31. The van der Waals surface area contributed by atoms with Crippen molar-refractivity contribution in [3.63, 3.8) is 0 Å². The number of aromatic nitrogens is 2. The average molecular weight is 372 g/mol. The topological polar surface area (TPSA) is 59.2 Å². The molecule has 1 aliphatic heterocycles. The van der Waals surface area contributed by atoms with E-state index in [9.17, 15) is 9.18 Å². The van der Waals surface area contributed by atoms with Crippen molar-refractivity contribution >= 4 is 23.2 Å².